The number of thiocarbonyl (C=S) groups is 1. The van der Waals surface area contributed by atoms with E-state index in [9.17, 15) is 26.4 Å². The molecule has 0 unspecified atom stereocenters. The summed E-state index contributed by atoms with van der Waals surface area (Å²) in [6, 6.07) is 7.89. The first kappa shape index (κ1) is 27.6. The Morgan fingerprint density at radius 1 is 1.24 bits per heavy atom. The Morgan fingerprint density at radius 2 is 2.00 bits per heavy atom. The van der Waals surface area contributed by atoms with Crippen LogP contribution >= 0.6 is 23.6 Å². The molecule has 1 amide bonds. The van der Waals surface area contributed by atoms with Crippen LogP contribution in [-0.2, 0) is 26.0 Å². The molecule has 1 aromatic heterocycles. The van der Waals surface area contributed by atoms with Crippen molar-refractivity contribution in [3.63, 3.8) is 0 Å². The van der Waals surface area contributed by atoms with Crippen LogP contribution in [0.2, 0.25) is 0 Å². The van der Waals surface area contributed by atoms with Gasteiger partial charge in [-0.05, 0) is 53.9 Å². The lowest BCUT2D eigenvalue weighted by molar-refractivity contribution is -0.325. The van der Waals surface area contributed by atoms with E-state index >= 15 is 0 Å². The van der Waals surface area contributed by atoms with Crippen LogP contribution in [-0.4, -0.2) is 52.6 Å². The number of carbonyl (C=O) groups excluding carboxylic acids is 1. The lowest BCUT2D eigenvalue weighted by Crippen LogP contribution is -2.37. The number of thiophene rings is 1. The summed E-state index contributed by atoms with van der Waals surface area (Å²) in [6.45, 7) is -1.14. The van der Waals surface area contributed by atoms with Gasteiger partial charge in [-0.1, -0.05) is 12.1 Å². The van der Waals surface area contributed by atoms with Crippen LogP contribution in [0.3, 0.4) is 0 Å². The van der Waals surface area contributed by atoms with E-state index in [4.69, 9.17) is 17.0 Å². The van der Waals surface area contributed by atoms with Crippen LogP contribution in [0.5, 0.6) is 5.75 Å². The lowest BCUT2D eigenvalue weighted by atomic mass is 10.1. The van der Waals surface area contributed by atoms with Gasteiger partial charge in [0.25, 0.3) is 10.0 Å². The van der Waals surface area contributed by atoms with E-state index in [-0.39, 0.29) is 34.6 Å². The highest BCUT2D eigenvalue weighted by molar-refractivity contribution is 7.92. The van der Waals surface area contributed by atoms with E-state index < -0.39 is 29.6 Å². The van der Waals surface area contributed by atoms with Gasteiger partial charge >= 0.3 is 6.36 Å². The standard InChI is InChI=1S/C20H22F3N3O5S3/c1-24-19(32)26-34(28,29)17-13-14(4-6-16(17)30-10-11-31-20(21,22)23)8-9-25-18(27)7-5-15-3-2-12-33-15/h2-7,12-13H,8-11H2,1H3,(H,25,27)(H2,24,26,32)/b7-5+. The fraction of sp³-hybridized carbons (Fsp3) is 0.300. The Labute approximate surface area is 204 Å². The fourth-order valence-electron chi connectivity index (χ4n) is 2.51. The highest BCUT2D eigenvalue weighted by atomic mass is 32.2. The van der Waals surface area contributed by atoms with Crippen molar-refractivity contribution in [3.8, 4) is 5.75 Å². The number of nitrogens with one attached hydrogen (secondary N) is 3. The lowest BCUT2D eigenvalue weighted by Gasteiger charge is -2.15. The molecule has 0 saturated heterocycles. The highest BCUT2D eigenvalue weighted by Crippen LogP contribution is 2.26. The normalized spacial score (nSPS) is 11.9. The van der Waals surface area contributed by atoms with Crippen molar-refractivity contribution in [2.24, 2.45) is 0 Å². The topological polar surface area (TPSA) is 106 Å². The summed E-state index contributed by atoms with van der Waals surface area (Å²) in [6.07, 6.45) is -1.47. The molecule has 0 fully saturated rings. The van der Waals surface area contributed by atoms with Crippen molar-refractivity contribution in [2.75, 3.05) is 26.8 Å². The van der Waals surface area contributed by atoms with Crippen molar-refractivity contribution in [3.05, 3.63) is 52.2 Å². The van der Waals surface area contributed by atoms with Crippen LogP contribution < -0.4 is 20.1 Å². The summed E-state index contributed by atoms with van der Waals surface area (Å²) in [5.41, 5.74) is 0.539. The minimum Gasteiger partial charge on any atom is -0.490 e. The number of hydrogen-bond donors (Lipinski definition) is 3. The molecule has 1 heterocycles. The van der Waals surface area contributed by atoms with Gasteiger partial charge in [0.15, 0.2) is 5.11 Å². The van der Waals surface area contributed by atoms with Gasteiger partial charge in [-0.15, -0.1) is 24.5 Å². The van der Waals surface area contributed by atoms with Crippen LogP contribution in [0.15, 0.2) is 46.7 Å². The number of ether oxygens (including phenoxy) is 2. The summed E-state index contributed by atoms with van der Waals surface area (Å²) in [7, 11) is -2.79. The van der Waals surface area contributed by atoms with Gasteiger partial charge in [0.1, 0.15) is 17.3 Å². The molecule has 0 radical (unpaired) electrons. The number of halogens is 3. The number of hydrogen-bond acceptors (Lipinski definition) is 7. The monoisotopic (exact) mass is 537 g/mol. The van der Waals surface area contributed by atoms with E-state index in [2.05, 4.69) is 20.1 Å². The minimum absolute atomic E-state index is 0.177. The third-order valence-corrected chi connectivity index (χ3v) is 6.66. The average Bonchev–Trinajstić information content (AvgIpc) is 3.28. The van der Waals surface area contributed by atoms with Crippen molar-refractivity contribution in [1.29, 1.82) is 0 Å². The van der Waals surface area contributed by atoms with Gasteiger partial charge in [-0.2, -0.15) is 0 Å². The Hall–Kier alpha value is -2.68. The maximum Gasteiger partial charge on any atom is 0.522 e. The second-order valence-corrected chi connectivity index (χ2v) is 9.54. The van der Waals surface area contributed by atoms with Gasteiger partial charge in [-0.25, -0.2) is 8.42 Å². The summed E-state index contributed by atoms with van der Waals surface area (Å²) >= 11 is 6.33. The van der Waals surface area contributed by atoms with E-state index in [0.29, 0.717) is 5.56 Å². The van der Waals surface area contributed by atoms with Crippen molar-refractivity contribution < 1.29 is 35.9 Å². The highest BCUT2D eigenvalue weighted by Gasteiger charge is 2.29. The third kappa shape index (κ3) is 9.67. The number of sulfonamides is 1. The summed E-state index contributed by atoms with van der Waals surface area (Å²) in [4.78, 5) is 12.6. The first-order valence-electron chi connectivity index (χ1n) is 9.70. The van der Waals surface area contributed by atoms with E-state index in [0.717, 1.165) is 4.88 Å². The third-order valence-electron chi connectivity index (χ3n) is 4.01. The zero-order valence-electron chi connectivity index (χ0n) is 17.8. The summed E-state index contributed by atoms with van der Waals surface area (Å²) in [5.74, 6) is -0.490. The molecular weight excluding hydrogens is 515 g/mol. The van der Waals surface area contributed by atoms with Crippen LogP contribution in [0.25, 0.3) is 6.08 Å². The van der Waals surface area contributed by atoms with Crippen LogP contribution in [0.4, 0.5) is 13.2 Å². The minimum atomic E-state index is -4.83. The molecule has 0 aliphatic carbocycles. The van der Waals surface area contributed by atoms with Crippen LogP contribution in [0, 0.1) is 0 Å². The number of rotatable bonds is 11. The molecular formula is C20H22F3N3O5S3. The van der Waals surface area contributed by atoms with Gasteiger partial charge in [0.2, 0.25) is 5.91 Å². The Kier molecular flexibility index (Phi) is 10.3. The zero-order valence-corrected chi connectivity index (χ0v) is 20.3. The first-order valence-corrected chi connectivity index (χ1v) is 12.5. The number of alkyl halides is 3. The fourth-order valence-corrected chi connectivity index (χ4v) is 4.61. The van der Waals surface area contributed by atoms with Crippen molar-refractivity contribution >= 4 is 50.7 Å². The quantitative estimate of drug-likeness (QED) is 0.230. The molecule has 0 aliphatic rings. The zero-order chi connectivity index (χ0) is 25.2. The second kappa shape index (κ2) is 12.7. The molecule has 0 bridgehead atoms. The molecule has 14 heteroatoms. The SMILES string of the molecule is CNC(=S)NS(=O)(=O)c1cc(CCNC(=O)/C=C/c2cccs2)ccc1OCCOC(F)(F)F. The molecule has 8 nitrogen and oxygen atoms in total. The van der Waals surface area contributed by atoms with Gasteiger partial charge in [0, 0.05) is 24.5 Å². The predicted octanol–water partition coefficient (Wildman–Crippen LogP) is 2.82. The molecule has 0 aliphatic heterocycles. The van der Waals surface area contributed by atoms with E-state index in [1.807, 2.05) is 17.5 Å². The Bertz CT molecular complexity index is 1100. The molecule has 0 atom stereocenters. The molecule has 2 aromatic rings. The average molecular weight is 538 g/mol. The Morgan fingerprint density at radius 3 is 2.65 bits per heavy atom. The van der Waals surface area contributed by atoms with E-state index in [1.54, 1.807) is 12.1 Å². The van der Waals surface area contributed by atoms with Crippen molar-refractivity contribution in [2.45, 2.75) is 17.7 Å². The molecule has 34 heavy (non-hydrogen) atoms. The number of benzene rings is 1. The smallest absolute Gasteiger partial charge is 0.490 e. The maximum atomic E-state index is 12.7. The molecule has 0 spiro atoms. The predicted molar refractivity (Wildman–Crippen MR) is 126 cm³/mol. The molecule has 186 valence electrons. The summed E-state index contributed by atoms with van der Waals surface area (Å²) < 4.78 is 72.9. The first-order chi connectivity index (χ1) is 16.0. The molecule has 3 N–H and O–H groups in total. The number of amides is 1. The van der Waals surface area contributed by atoms with Gasteiger partial charge in [-0.3, -0.25) is 14.3 Å². The second-order valence-electron chi connectivity index (χ2n) is 6.50. The van der Waals surface area contributed by atoms with Crippen LogP contribution in [0.1, 0.15) is 10.4 Å². The Balaban J connectivity index is 2.07. The van der Waals surface area contributed by atoms with Gasteiger partial charge < -0.3 is 15.4 Å². The molecule has 0 saturated carbocycles. The van der Waals surface area contributed by atoms with E-state index in [1.165, 1.54) is 36.6 Å². The molecule has 1 aromatic carbocycles. The van der Waals surface area contributed by atoms with Crippen molar-refractivity contribution in [1.82, 2.24) is 15.4 Å². The molecule has 2 rings (SSSR count). The van der Waals surface area contributed by atoms with Gasteiger partial charge in [0.05, 0.1) is 6.61 Å². The maximum absolute atomic E-state index is 12.7. The largest absolute Gasteiger partial charge is 0.522 e. The summed E-state index contributed by atoms with van der Waals surface area (Å²) in [5, 5.41) is 6.87. The number of carbonyl (C=O) groups is 1.